The van der Waals surface area contributed by atoms with Gasteiger partial charge >= 0.3 is 0 Å². The Morgan fingerprint density at radius 3 is 2.39 bits per heavy atom. The van der Waals surface area contributed by atoms with Crippen molar-refractivity contribution in [1.82, 2.24) is 9.47 Å². The molecule has 0 unspecified atom stereocenters. The van der Waals surface area contributed by atoms with Crippen molar-refractivity contribution < 1.29 is 14.7 Å². The average molecular weight is 252 g/mol. The number of hydrogen-bond donors (Lipinski definition) is 1. The second-order valence-corrected chi connectivity index (χ2v) is 5.25. The molecule has 0 aliphatic heterocycles. The van der Waals surface area contributed by atoms with Crippen LogP contribution in [0, 0.1) is 0 Å². The number of Topliss-reactive ketones (excluding diaryl/α,β-unsaturated/α-hetero) is 1. The summed E-state index contributed by atoms with van der Waals surface area (Å²) in [6.07, 6.45) is 1.63. The van der Waals surface area contributed by atoms with Crippen LogP contribution in [0.2, 0.25) is 0 Å². The second kappa shape index (κ2) is 4.94. The van der Waals surface area contributed by atoms with Gasteiger partial charge in [-0.1, -0.05) is 0 Å². The van der Waals surface area contributed by atoms with Gasteiger partial charge in [-0.3, -0.25) is 9.59 Å². The van der Waals surface area contributed by atoms with E-state index in [4.69, 9.17) is 0 Å². The molecule has 0 spiro atoms. The predicted molar refractivity (Wildman–Crippen MR) is 68.7 cm³/mol. The molecular formula is C13H20N2O3. The van der Waals surface area contributed by atoms with E-state index in [0.29, 0.717) is 11.3 Å². The molecule has 0 radical (unpaired) electrons. The number of aliphatic hydroxyl groups is 1. The number of aromatic nitrogens is 1. The molecule has 1 aromatic heterocycles. The van der Waals surface area contributed by atoms with Gasteiger partial charge in [0.2, 0.25) is 0 Å². The maximum atomic E-state index is 12.2. The highest BCUT2D eigenvalue weighted by atomic mass is 16.3. The second-order valence-electron chi connectivity index (χ2n) is 5.25. The van der Waals surface area contributed by atoms with Crippen molar-refractivity contribution in [2.75, 3.05) is 13.6 Å². The van der Waals surface area contributed by atoms with Crippen molar-refractivity contribution in [2.45, 2.75) is 26.4 Å². The van der Waals surface area contributed by atoms with Crippen LogP contribution in [0.3, 0.4) is 0 Å². The Balaban J connectivity index is 2.93. The lowest BCUT2D eigenvalue weighted by Crippen LogP contribution is -2.40. The molecule has 0 atom stereocenters. The SMILES string of the molecule is CC(=O)c1cc(C(=O)N(C)CC(C)(C)O)n(C)c1. The Morgan fingerprint density at radius 2 is 2.00 bits per heavy atom. The predicted octanol–water partition coefficient (Wildman–Crippen LogP) is 1.07. The molecular weight excluding hydrogens is 232 g/mol. The van der Waals surface area contributed by atoms with Gasteiger partial charge in [-0.05, 0) is 26.8 Å². The Morgan fingerprint density at radius 1 is 1.44 bits per heavy atom. The molecule has 5 nitrogen and oxygen atoms in total. The molecule has 1 aromatic rings. The Hall–Kier alpha value is -1.62. The number of carbonyl (C=O) groups is 2. The minimum Gasteiger partial charge on any atom is -0.389 e. The zero-order valence-corrected chi connectivity index (χ0v) is 11.5. The molecule has 0 saturated carbocycles. The fourth-order valence-electron chi connectivity index (χ4n) is 1.82. The molecule has 0 aromatic carbocycles. The van der Waals surface area contributed by atoms with E-state index in [1.165, 1.54) is 11.8 Å². The summed E-state index contributed by atoms with van der Waals surface area (Å²) in [4.78, 5) is 24.9. The number of carbonyl (C=O) groups excluding carboxylic acids is 2. The van der Waals surface area contributed by atoms with Gasteiger partial charge in [-0.15, -0.1) is 0 Å². The molecule has 1 N–H and O–H groups in total. The van der Waals surface area contributed by atoms with Crippen LogP contribution in [0.25, 0.3) is 0 Å². The lowest BCUT2D eigenvalue weighted by Gasteiger charge is -2.25. The third kappa shape index (κ3) is 3.43. The number of nitrogens with zero attached hydrogens (tertiary/aromatic N) is 2. The first-order valence-corrected chi connectivity index (χ1v) is 5.77. The van der Waals surface area contributed by atoms with Gasteiger partial charge in [0.15, 0.2) is 5.78 Å². The van der Waals surface area contributed by atoms with Gasteiger partial charge in [-0.25, -0.2) is 0 Å². The number of hydrogen-bond acceptors (Lipinski definition) is 3. The molecule has 0 saturated heterocycles. The maximum absolute atomic E-state index is 12.2. The van der Waals surface area contributed by atoms with E-state index in [-0.39, 0.29) is 18.2 Å². The van der Waals surface area contributed by atoms with Gasteiger partial charge in [0.05, 0.1) is 5.60 Å². The Kier molecular flexibility index (Phi) is 3.96. The monoisotopic (exact) mass is 252 g/mol. The van der Waals surface area contributed by atoms with E-state index in [1.807, 2.05) is 0 Å². The fourth-order valence-corrected chi connectivity index (χ4v) is 1.82. The number of rotatable bonds is 4. The number of ketones is 1. The molecule has 1 heterocycles. The van der Waals surface area contributed by atoms with Crippen LogP contribution >= 0.6 is 0 Å². The first-order chi connectivity index (χ1) is 8.11. The zero-order valence-electron chi connectivity index (χ0n) is 11.5. The molecule has 0 aliphatic rings. The fraction of sp³-hybridized carbons (Fsp3) is 0.538. The normalized spacial score (nSPS) is 11.4. The molecule has 1 rings (SSSR count). The van der Waals surface area contributed by atoms with Crippen molar-refractivity contribution in [3.05, 3.63) is 23.5 Å². The van der Waals surface area contributed by atoms with Crippen LogP contribution in [0.15, 0.2) is 12.3 Å². The smallest absolute Gasteiger partial charge is 0.270 e. The molecule has 0 bridgehead atoms. The molecule has 0 fully saturated rings. The summed E-state index contributed by atoms with van der Waals surface area (Å²) in [5.41, 5.74) is 0.00312. The molecule has 18 heavy (non-hydrogen) atoms. The lowest BCUT2D eigenvalue weighted by molar-refractivity contribution is 0.0363. The van der Waals surface area contributed by atoms with Crippen LogP contribution in [-0.4, -0.2) is 45.5 Å². The lowest BCUT2D eigenvalue weighted by atomic mass is 10.1. The Labute approximate surface area is 107 Å². The van der Waals surface area contributed by atoms with E-state index in [9.17, 15) is 14.7 Å². The Bertz CT molecular complexity index is 469. The topological polar surface area (TPSA) is 62.5 Å². The summed E-state index contributed by atoms with van der Waals surface area (Å²) in [5, 5.41) is 9.69. The standard InChI is InChI=1S/C13H20N2O3/c1-9(16)10-6-11(14(4)7-10)12(17)15(5)8-13(2,3)18/h6-7,18H,8H2,1-5H3. The van der Waals surface area contributed by atoms with Crippen molar-refractivity contribution >= 4 is 11.7 Å². The largest absolute Gasteiger partial charge is 0.389 e. The highest BCUT2D eigenvalue weighted by Crippen LogP contribution is 2.12. The molecule has 1 amide bonds. The summed E-state index contributed by atoms with van der Waals surface area (Å²) in [5.74, 6) is -0.290. The summed E-state index contributed by atoms with van der Waals surface area (Å²) in [6.45, 7) is 4.97. The summed E-state index contributed by atoms with van der Waals surface area (Å²) in [6, 6.07) is 1.57. The highest BCUT2D eigenvalue weighted by molar-refractivity contribution is 5.99. The maximum Gasteiger partial charge on any atom is 0.270 e. The van der Waals surface area contributed by atoms with Gasteiger partial charge in [0.1, 0.15) is 5.69 Å². The van der Waals surface area contributed by atoms with E-state index in [2.05, 4.69) is 0 Å². The first kappa shape index (κ1) is 14.4. The van der Waals surface area contributed by atoms with Crippen LogP contribution in [0.5, 0.6) is 0 Å². The van der Waals surface area contributed by atoms with Gasteiger partial charge in [-0.2, -0.15) is 0 Å². The average Bonchev–Trinajstić information content (AvgIpc) is 2.56. The van der Waals surface area contributed by atoms with Crippen molar-refractivity contribution in [1.29, 1.82) is 0 Å². The van der Waals surface area contributed by atoms with Crippen LogP contribution < -0.4 is 0 Å². The van der Waals surface area contributed by atoms with E-state index in [0.717, 1.165) is 0 Å². The molecule has 0 aliphatic carbocycles. The number of likely N-dealkylation sites (N-methyl/N-ethyl adjacent to an activating group) is 1. The van der Waals surface area contributed by atoms with Crippen molar-refractivity contribution in [2.24, 2.45) is 7.05 Å². The quantitative estimate of drug-likeness (QED) is 0.815. The van der Waals surface area contributed by atoms with Crippen molar-refractivity contribution in [3.8, 4) is 0 Å². The molecule has 5 heteroatoms. The van der Waals surface area contributed by atoms with Gasteiger partial charge in [0.25, 0.3) is 5.91 Å². The highest BCUT2D eigenvalue weighted by Gasteiger charge is 2.22. The minimum atomic E-state index is -0.945. The van der Waals surface area contributed by atoms with Crippen LogP contribution in [-0.2, 0) is 7.05 Å². The van der Waals surface area contributed by atoms with Crippen molar-refractivity contribution in [3.63, 3.8) is 0 Å². The van der Waals surface area contributed by atoms with E-state index >= 15 is 0 Å². The number of amides is 1. The third-order valence-electron chi connectivity index (χ3n) is 2.60. The summed E-state index contributed by atoms with van der Waals surface area (Å²) in [7, 11) is 3.35. The van der Waals surface area contributed by atoms with E-state index < -0.39 is 5.60 Å². The summed E-state index contributed by atoms with van der Waals surface area (Å²) < 4.78 is 1.62. The molecule has 100 valence electrons. The van der Waals surface area contributed by atoms with Crippen LogP contribution in [0.4, 0.5) is 0 Å². The zero-order chi connectivity index (χ0) is 14.1. The summed E-state index contributed by atoms with van der Waals surface area (Å²) >= 11 is 0. The first-order valence-electron chi connectivity index (χ1n) is 5.77. The van der Waals surface area contributed by atoms with Gasteiger partial charge < -0.3 is 14.6 Å². The van der Waals surface area contributed by atoms with Crippen LogP contribution in [0.1, 0.15) is 41.6 Å². The third-order valence-corrected chi connectivity index (χ3v) is 2.60. The number of aryl methyl sites for hydroxylation is 1. The minimum absolute atomic E-state index is 0.0743. The van der Waals surface area contributed by atoms with E-state index in [1.54, 1.807) is 44.8 Å². The van der Waals surface area contributed by atoms with Gasteiger partial charge in [0, 0.05) is 32.4 Å².